The maximum Gasteiger partial charge on any atom is 0.130 e. The molecular weight excluding hydrogens is 253 g/mol. The van der Waals surface area contributed by atoms with Crippen molar-refractivity contribution in [2.45, 2.75) is 39.8 Å². The van der Waals surface area contributed by atoms with Gasteiger partial charge in [-0.25, -0.2) is 9.37 Å². The van der Waals surface area contributed by atoms with Gasteiger partial charge >= 0.3 is 0 Å². The van der Waals surface area contributed by atoms with Crippen molar-refractivity contribution in [2.75, 3.05) is 6.54 Å². The standard InChI is InChI=1S/C16H22FN3/c1-4-8-18-15(16-19-9-10-20(16)5-2)13-7-6-12(3)14(17)11-13/h6-7,9-11,15,18H,4-5,8H2,1-3H3. The van der Waals surface area contributed by atoms with Crippen LogP contribution in [-0.4, -0.2) is 16.1 Å². The number of halogens is 1. The number of nitrogens with zero attached hydrogens (tertiary/aromatic N) is 2. The monoisotopic (exact) mass is 275 g/mol. The molecule has 1 aromatic heterocycles. The number of aryl methyl sites for hydroxylation is 2. The van der Waals surface area contributed by atoms with E-state index < -0.39 is 0 Å². The normalized spacial score (nSPS) is 12.6. The predicted molar refractivity (Wildman–Crippen MR) is 79.2 cm³/mol. The van der Waals surface area contributed by atoms with Gasteiger partial charge < -0.3 is 9.88 Å². The van der Waals surface area contributed by atoms with Crippen LogP contribution in [-0.2, 0) is 6.54 Å². The van der Waals surface area contributed by atoms with Gasteiger partial charge in [-0.1, -0.05) is 19.1 Å². The molecule has 1 unspecified atom stereocenters. The molecular formula is C16H22FN3. The molecule has 3 nitrogen and oxygen atoms in total. The van der Waals surface area contributed by atoms with Crippen molar-refractivity contribution in [1.82, 2.24) is 14.9 Å². The Labute approximate surface area is 119 Å². The molecule has 0 radical (unpaired) electrons. The lowest BCUT2D eigenvalue weighted by atomic mass is 10.0. The van der Waals surface area contributed by atoms with Crippen LogP contribution in [0.5, 0.6) is 0 Å². The van der Waals surface area contributed by atoms with Gasteiger partial charge in [0.2, 0.25) is 0 Å². The highest BCUT2D eigenvalue weighted by atomic mass is 19.1. The SMILES string of the molecule is CCCNC(c1ccc(C)c(F)c1)c1nccn1CC. The van der Waals surface area contributed by atoms with E-state index in [1.165, 1.54) is 0 Å². The van der Waals surface area contributed by atoms with Crippen LogP contribution in [0.1, 0.15) is 43.3 Å². The third-order valence-corrected chi connectivity index (χ3v) is 3.47. The fourth-order valence-corrected chi connectivity index (χ4v) is 2.28. The van der Waals surface area contributed by atoms with Crippen LogP contribution in [0, 0.1) is 12.7 Å². The Morgan fingerprint density at radius 3 is 2.80 bits per heavy atom. The first-order chi connectivity index (χ1) is 9.67. The van der Waals surface area contributed by atoms with Crippen LogP contribution in [0.3, 0.4) is 0 Å². The summed E-state index contributed by atoms with van der Waals surface area (Å²) in [6.45, 7) is 7.70. The minimum Gasteiger partial charge on any atom is -0.334 e. The maximum atomic E-state index is 13.8. The summed E-state index contributed by atoms with van der Waals surface area (Å²) in [5.74, 6) is 0.768. The minimum absolute atomic E-state index is 0.0694. The van der Waals surface area contributed by atoms with Crippen LogP contribution < -0.4 is 5.32 Å². The van der Waals surface area contributed by atoms with Gasteiger partial charge in [0.15, 0.2) is 0 Å². The van der Waals surface area contributed by atoms with Crippen LogP contribution in [0.25, 0.3) is 0 Å². The number of benzene rings is 1. The summed E-state index contributed by atoms with van der Waals surface area (Å²) in [7, 11) is 0. The van der Waals surface area contributed by atoms with Crippen molar-refractivity contribution in [2.24, 2.45) is 0 Å². The molecule has 0 bridgehead atoms. The first kappa shape index (κ1) is 14.7. The van der Waals surface area contributed by atoms with Gasteiger partial charge in [0.1, 0.15) is 11.6 Å². The molecule has 0 aliphatic carbocycles. The Morgan fingerprint density at radius 1 is 1.35 bits per heavy atom. The second-order valence-electron chi connectivity index (χ2n) is 4.97. The summed E-state index contributed by atoms with van der Waals surface area (Å²) in [4.78, 5) is 4.45. The first-order valence-electron chi connectivity index (χ1n) is 7.17. The lowest BCUT2D eigenvalue weighted by Crippen LogP contribution is -2.26. The second-order valence-corrected chi connectivity index (χ2v) is 4.97. The number of nitrogens with one attached hydrogen (secondary N) is 1. The van der Waals surface area contributed by atoms with Crippen molar-refractivity contribution in [3.63, 3.8) is 0 Å². The zero-order valence-electron chi connectivity index (χ0n) is 12.4. The molecule has 0 fully saturated rings. The molecule has 1 heterocycles. The summed E-state index contributed by atoms with van der Waals surface area (Å²) < 4.78 is 15.9. The summed E-state index contributed by atoms with van der Waals surface area (Å²) >= 11 is 0. The average Bonchev–Trinajstić information content (AvgIpc) is 2.91. The Bertz CT molecular complexity index is 563. The summed E-state index contributed by atoms with van der Waals surface area (Å²) in [5.41, 5.74) is 1.59. The van der Waals surface area contributed by atoms with Crippen molar-refractivity contribution >= 4 is 0 Å². The minimum atomic E-state index is -0.166. The lowest BCUT2D eigenvalue weighted by Gasteiger charge is -2.20. The van der Waals surface area contributed by atoms with E-state index in [-0.39, 0.29) is 11.9 Å². The molecule has 0 aliphatic rings. The second kappa shape index (κ2) is 6.66. The molecule has 1 aromatic carbocycles. The summed E-state index contributed by atoms with van der Waals surface area (Å²) in [6, 6.07) is 5.34. The highest BCUT2D eigenvalue weighted by molar-refractivity contribution is 5.29. The van der Waals surface area contributed by atoms with Crippen LogP contribution in [0.15, 0.2) is 30.6 Å². The molecule has 0 saturated heterocycles. The quantitative estimate of drug-likeness (QED) is 0.875. The van der Waals surface area contributed by atoms with Crippen molar-refractivity contribution in [3.05, 3.63) is 53.4 Å². The molecule has 0 amide bonds. The molecule has 0 saturated carbocycles. The average molecular weight is 275 g/mol. The van der Waals surface area contributed by atoms with Crippen molar-refractivity contribution in [3.8, 4) is 0 Å². The molecule has 4 heteroatoms. The smallest absolute Gasteiger partial charge is 0.130 e. The number of aromatic nitrogens is 2. The Balaban J connectivity index is 2.38. The van der Waals surface area contributed by atoms with E-state index in [0.29, 0.717) is 5.56 Å². The zero-order chi connectivity index (χ0) is 14.5. The molecule has 1 N–H and O–H groups in total. The summed E-state index contributed by atoms with van der Waals surface area (Å²) in [5, 5.41) is 3.46. The van der Waals surface area contributed by atoms with Crippen molar-refractivity contribution in [1.29, 1.82) is 0 Å². The van der Waals surface area contributed by atoms with E-state index in [1.807, 2.05) is 18.3 Å². The first-order valence-corrected chi connectivity index (χ1v) is 7.17. The third kappa shape index (κ3) is 3.07. The van der Waals surface area contributed by atoms with E-state index in [1.54, 1.807) is 19.2 Å². The van der Waals surface area contributed by atoms with Gasteiger partial charge in [-0.15, -0.1) is 0 Å². The highest BCUT2D eigenvalue weighted by Gasteiger charge is 2.19. The Morgan fingerprint density at radius 2 is 2.15 bits per heavy atom. The molecule has 0 aliphatic heterocycles. The topological polar surface area (TPSA) is 29.9 Å². The highest BCUT2D eigenvalue weighted by Crippen LogP contribution is 2.23. The zero-order valence-corrected chi connectivity index (χ0v) is 12.4. The number of rotatable bonds is 6. The number of hydrogen-bond donors (Lipinski definition) is 1. The predicted octanol–water partition coefficient (Wildman–Crippen LogP) is 3.44. The fraction of sp³-hybridized carbons (Fsp3) is 0.438. The van der Waals surface area contributed by atoms with E-state index in [2.05, 4.69) is 28.7 Å². The molecule has 1 atom stereocenters. The lowest BCUT2D eigenvalue weighted by molar-refractivity contribution is 0.536. The van der Waals surface area contributed by atoms with Gasteiger partial charge in [0.05, 0.1) is 6.04 Å². The largest absolute Gasteiger partial charge is 0.334 e. The molecule has 20 heavy (non-hydrogen) atoms. The Hall–Kier alpha value is -1.68. The third-order valence-electron chi connectivity index (χ3n) is 3.47. The molecule has 108 valence electrons. The van der Waals surface area contributed by atoms with E-state index >= 15 is 0 Å². The van der Waals surface area contributed by atoms with Gasteiger partial charge in [-0.2, -0.15) is 0 Å². The molecule has 2 rings (SSSR count). The molecule has 2 aromatic rings. The van der Waals surface area contributed by atoms with E-state index in [0.717, 1.165) is 30.9 Å². The van der Waals surface area contributed by atoms with Gasteiger partial charge in [-0.05, 0) is 44.0 Å². The Kier molecular flexibility index (Phi) is 4.90. The molecule has 0 spiro atoms. The van der Waals surface area contributed by atoms with Crippen molar-refractivity contribution < 1.29 is 4.39 Å². The van der Waals surface area contributed by atoms with Crippen LogP contribution >= 0.6 is 0 Å². The maximum absolute atomic E-state index is 13.8. The van der Waals surface area contributed by atoms with Gasteiger partial charge in [-0.3, -0.25) is 0 Å². The van der Waals surface area contributed by atoms with Gasteiger partial charge in [0, 0.05) is 18.9 Å². The number of imidazole rings is 1. The van der Waals surface area contributed by atoms with E-state index in [9.17, 15) is 4.39 Å². The van der Waals surface area contributed by atoms with Crippen LogP contribution in [0.4, 0.5) is 4.39 Å². The van der Waals surface area contributed by atoms with E-state index in [4.69, 9.17) is 0 Å². The van der Waals surface area contributed by atoms with Gasteiger partial charge in [0.25, 0.3) is 0 Å². The summed E-state index contributed by atoms with van der Waals surface area (Å²) in [6.07, 6.45) is 4.78. The number of hydrogen-bond acceptors (Lipinski definition) is 2. The fourth-order valence-electron chi connectivity index (χ4n) is 2.28. The van der Waals surface area contributed by atoms with Crippen LogP contribution in [0.2, 0.25) is 0 Å².